The average molecular weight is 232 g/mol. The number of methoxy groups -OCH3 is 2. The molecule has 0 saturated carbocycles. The monoisotopic (exact) mass is 232 g/mol. The summed E-state index contributed by atoms with van der Waals surface area (Å²) in [7, 11) is 3.04. The molecule has 88 valence electrons. The molecule has 1 aromatic carbocycles. The van der Waals surface area contributed by atoms with Gasteiger partial charge in [0.2, 0.25) is 5.88 Å². The standard InChI is InChI=1S/C12H12N2O3/c1-15-10-8-11(13-14-12(10)16-2)17-9-6-4-3-5-7-9/h3-8H,1-2H3. The first-order chi connectivity index (χ1) is 8.33. The van der Waals surface area contributed by atoms with Crippen LogP contribution in [-0.4, -0.2) is 24.4 Å². The molecule has 17 heavy (non-hydrogen) atoms. The number of para-hydroxylation sites is 1. The normalized spacial score (nSPS) is 9.76. The van der Waals surface area contributed by atoms with Gasteiger partial charge in [0.15, 0.2) is 5.75 Å². The molecule has 0 amide bonds. The van der Waals surface area contributed by atoms with E-state index < -0.39 is 0 Å². The van der Waals surface area contributed by atoms with Crippen molar-refractivity contribution in [3.05, 3.63) is 36.4 Å². The van der Waals surface area contributed by atoms with E-state index in [1.54, 1.807) is 6.07 Å². The Morgan fingerprint density at radius 2 is 1.71 bits per heavy atom. The van der Waals surface area contributed by atoms with Crippen LogP contribution in [0, 0.1) is 0 Å². The molecule has 0 bridgehead atoms. The van der Waals surface area contributed by atoms with Crippen LogP contribution < -0.4 is 14.2 Å². The van der Waals surface area contributed by atoms with Gasteiger partial charge in [-0.1, -0.05) is 18.2 Å². The molecule has 0 aliphatic rings. The molecule has 1 heterocycles. The molecule has 0 spiro atoms. The largest absolute Gasteiger partial charge is 0.491 e. The molecule has 0 saturated heterocycles. The number of rotatable bonds is 4. The van der Waals surface area contributed by atoms with Gasteiger partial charge in [0.1, 0.15) is 5.75 Å². The Morgan fingerprint density at radius 3 is 2.35 bits per heavy atom. The van der Waals surface area contributed by atoms with Gasteiger partial charge >= 0.3 is 0 Å². The summed E-state index contributed by atoms with van der Waals surface area (Å²) in [5.41, 5.74) is 0. The van der Waals surface area contributed by atoms with Gasteiger partial charge in [-0.25, -0.2) is 0 Å². The minimum atomic E-state index is 0.327. The summed E-state index contributed by atoms with van der Waals surface area (Å²) in [6.07, 6.45) is 0. The fourth-order valence-electron chi connectivity index (χ4n) is 1.29. The van der Waals surface area contributed by atoms with Gasteiger partial charge in [0.05, 0.1) is 20.3 Å². The van der Waals surface area contributed by atoms with E-state index in [2.05, 4.69) is 10.2 Å². The SMILES string of the molecule is COc1cc(Oc2ccccc2)nnc1OC. The van der Waals surface area contributed by atoms with Crippen LogP contribution in [0.25, 0.3) is 0 Å². The lowest BCUT2D eigenvalue weighted by Crippen LogP contribution is -1.97. The van der Waals surface area contributed by atoms with Crippen molar-refractivity contribution in [3.63, 3.8) is 0 Å². The molecule has 2 rings (SSSR count). The Kier molecular flexibility index (Phi) is 3.40. The molecular weight excluding hydrogens is 220 g/mol. The maximum atomic E-state index is 5.51. The topological polar surface area (TPSA) is 53.5 Å². The van der Waals surface area contributed by atoms with E-state index in [9.17, 15) is 0 Å². The van der Waals surface area contributed by atoms with Crippen molar-refractivity contribution in [2.45, 2.75) is 0 Å². The highest BCUT2D eigenvalue weighted by Gasteiger charge is 2.08. The van der Waals surface area contributed by atoms with Crippen LogP contribution in [0.4, 0.5) is 0 Å². The summed E-state index contributed by atoms with van der Waals surface area (Å²) < 4.78 is 15.6. The van der Waals surface area contributed by atoms with Crippen molar-refractivity contribution in [1.82, 2.24) is 10.2 Å². The molecule has 0 atom stereocenters. The summed E-state index contributed by atoms with van der Waals surface area (Å²) in [6, 6.07) is 11.0. The van der Waals surface area contributed by atoms with Crippen LogP contribution in [-0.2, 0) is 0 Å². The molecule has 1 aromatic heterocycles. The van der Waals surface area contributed by atoms with Crippen LogP contribution in [0.3, 0.4) is 0 Å². The second-order valence-corrected chi connectivity index (χ2v) is 3.18. The predicted octanol–water partition coefficient (Wildman–Crippen LogP) is 2.29. The third kappa shape index (κ3) is 2.63. The minimum Gasteiger partial charge on any atom is -0.491 e. The maximum absolute atomic E-state index is 5.51. The van der Waals surface area contributed by atoms with E-state index >= 15 is 0 Å². The molecule has 0 N–H and O–H groups in total. The van der Waals surface area contributed by atoms with Crippen molar-refractivity contribution in [2.75, 3.05) is 14.2 Å². The van der Waals surface area contributed by atoms with E-state index in [0.29, 0.717) is 23.3 Å². The van der Waals surface area contributed by atoms with E-state index in [1.807, 2.05) is 30.3 Å². The van der Waals surface area contributed by atoms with E-state index in [1.165, 1.54) is 14.2 Å². The molecule has 0 aliphatic carbocycles. The Morgan fingerprint density at radius 1 is 0.941 bits per heavy atom. The van der Waals surface area contributed by atoms with Gasteiger partial charge in [0.25, 0.3) is 5.88 Å². The first-order valence-corrected chi connectivity index (χ1v) is 5.02. The third-order valence-corrected chi connectivity index (χ3v) is 2.08. The second-order valence-electron chi connectivity index (χ2n) is 3.18. The highest BCUT2D eigenvalue weighted by Crippen LogP contribution is 2.28. The lowest BCUT2D eigenvalue weighted by Gasteiger charge is -2.07. The number of aromatic nitrogens is 2. The Balaban J connectivity index is 2.22. The summed E-state index contributed by atoms with van der Waals surface area (Å²) >= 11 is 0. The fourth-order valence-corrected chi connectivity index (χ4v) is 1.29. The Hall–Kier alpha value is -2.30. The van der Waals surface area contributed by atoms with Gasteiger partial charge in [-0.15, -0.1) is 10.2 Å². The van der Waals surface area contributed by atoms with Crippen molar-refractivity contribution in [1.29, 1.82) is 0 Å². The number of nitrogens with zero attached hydrogens (tertiary/aromatic N) is 2. The molecule has 2 aromatic rings. The second kappa shape index (κ2) is 5.16. The summed E-state index contributed by atoms with van der Waals surface area (Å²) in [4.78, 5) is 0. The average Bonchev–Trinajstić information content (AvgIpc) is 2.40. The zero-order valence-electron chi connectivity index (χ0n) is 9.58. The zero-order chi connectivity index (χ0) is 12.1. The van der Waals surface area contributed by atoms with Crippen LogP contribution in [0.15, 0.2) is 36.4 Å². The van der Waals surface area contributed by atoms with Crippen LogP contribution >= 0.6 is 0 Å². The minimum absolute atomic E-state index is 0.327. The Labute approximate surface area is 99.0 Å². The summed E-state index contributed by atoms with van der Waals surface area (Å²) in [5.74, 6) is 1.85. The first kappa shape index (κ1) is 11.2. The molecule has 0 unspecified atom stereocenters. The first-order valence-electron chi connectivity index (χ1n) is 5.02. The zero-order valence-corrected chi connectivity index (χ0v) is 9.58. The molecule has 0 aliphatic heterocycles. The number of ether oxygens (including phenoxy) is 3. The molecule has 0 fully saturated rings. The smallest absolute Gasteiger partial charge is 0.276 e. The third-order valence-electron chi connectivity index (χ3n) is 2.08. The maximum Gasteiger partial charge on any atom is 0.276 e. The highest BCUT2D eigenvalue weighted by molar-refractivity contribution is 5.37. The lowest BCUT2D eigenvalue weighted by atomic mass is 10.3. The highest BCUT2D eigenvalue weighted by atomic mass is 16.5. The van der Waals surface area contributed by atoms with Crippen molar-refractivity contribution in [2.24, 2.45) is 0 Å². The molecule has 0 radical (unpaired) electrons. The van der Waals surface area contributed by atoms with Gasteiger partial charge in [-0.2, -0.15) is 0 Å². The van der Waals surface area contributed by atoms with Crippen LogP contribution in [0.2, 0.25) is 0 Å². The van der Waals surface area contributed by atoms with Crippen molar-refractivity contribution >= 4 is 0 Å². The number of benzene rings is 1. The predicted molar refractivity (Wildman–Crippen MR) is 61.7 cm³/mol. The quantitative estimate of drug-likeness (QED) is 0.809. The molecule has 5 heteroatoms. The number of hydrogen-bond donors (Lipinski definition) is 0. The summed E-state index contributed by atoms with van der Waals surface area (Å²) in [6.45, 7) is 0. The van der Waals surface area contributed by atoms with E-state index in [-0.39, 0.29) is 0 Å². The molecular formula is C12H12N2O3. The van der Waals surface area contributed by atoms with Gasteiger partial charge in [-0.3, -0.25) is 0 Å². The van der Waals surface area contributed by atoms with Gasteiger partial charge in [0, 0.05) is 0 Å². The van der Waals surface area contributed by atoms with E-state index in [4.69, 9.17) is 14.2 Å². The molecule has 5 nitrogen and oxygen atoms in total. The Bertz CT molecular complexity index is 488. The number of hydrogen-bond acceptors (Lipinski definition) is 5. The summed E-state index contributed by atoms with van der Waals surface area (Å²) in [5, 5.41) is 7.72. The van der Waals surface area contributed by atoms with Crippen molar-refractivity contribution < 1.29 is 14.2 Å². The van der Waals surface area contributed by atoms with Crippen molar-refractivity contribution in [3.8, 4) is 23.3 Å². The van der Waals surface area contributed by atoms with Crippen LogP contribution in [0.5, 0.6) is 23.3 Å². The van der Waals surface area contributed by atoms with Gasteiger partial charge < -0.3 is 14.2 Å². The van der Waals surface area contributed by atoms with E-state index in [0.717, 1.165) is 0 Å². The van der Waals surface area contributed by atoms with Crippen LogP contribution in [0.1, 0.15) is 0 Å². The lowest BCUT2D eigenvalue weighted by molar-refractivity contribution is 0.331. The van der Waals surface area contributed by atoms with Gasteiger partial charge in [-0.05, 0) is 12.1 Å². The fraction of sp³-hybridized carbons (Fsp3) is 0.167.